The fourth-order valence-electron chi connectivity index (χ4n) is 3.49. The maximum atomic E-state index is 13.2. The number of hydrogen-bond donors (Lipinski definition) is 0. The first-order valence-corrected chi connectivity index (χ1v) is 12.4. The molecule has 178 valence electrons. The highest BCUT2D eigenvalue weighted by molar-refractivity contribution is 9.10. The Bertz CT molecular complexity index is 1500. The summed E-state index contributed by atoms with van der Waals surface area (Å²) >= 11 is 6.87. The van der Waals surface area contributed by atoms with Crippen LogP contribution in [0.4, 0.5) is 5.69 Å². The van der Waals surface area contributed by atoms with Gasteiger partial charge in [0.15, 0.2) is 0 Å². The Balaban J connectivity index is 1.69. The van der Waals surface area contributed by atoms with Gasteiger partial charge in [-0.1, -0.05) is 50.9 Å². The van der Waals surface area contributed by atoms with Crippen LogP contribution in [-0.2, 0) is 13.0 Å². The Labute approximate surface area is 217 Å². The Morgan fingerprint density at radius 3 is 2.66 bits per heavy atom. The molecule has 0 spiro atoms. The van der Waals surface area contributed by atoms with Crippen molar-refractivity contribution in [1.29, 1.82) is 0 Å². The number of non-ortho nitro benzene ring substituents is 1. The number of ether oxygens (including phenoxy) is 1. The summed E-state index contributed by atoms with van der Waals surface area (Å²) in [6.45, 7) is 2.15. The van der Waals surface area contributed by atoms with Crippen LogP contribution in [0.3, 0.4) is 0 Å². The number of benzene rings is 3. The summed E-state index contributed by atoms with van der Waals surface area (Å²) in [4.78, 5) is 28.5. The van der Waals surface area contributed by atoms with Crippen molar-refractivity contribution >= 4 is 54.7 Å². The molecule has 0 saturated carbocycles. The van der Waals surface area contributed by atoms with Gasteiger partial charge in [-0.3, -0.25) is 14.9 Å². The molecule has 4 rings (SSSR count). The van der Waals surface area contributed by atoms with E-state index in [-0.39, 0.29) is 17.9 Å². The van der Waals surface area contributed by atoms with Crippen molar-refractivity contribution in [3.05, 3.63) is 107 Å². The molecule has 0 saturated heterocycles. The third-order valence-electron chi connectivity index (χ3n) is 5.15. The van der Waals surface area contributed by atoms with Gasteiger partial charge >= 0.3 is 0 Å². The van der Waals surface area contributed by atoms with E-state index in [1.54, 1.807) is 30.5 Å². The molecule has 3 aromatic carbocycles. The lowest BCUT2D eigenvalue weighted by molar-refractivity contribution is -0.384. The van der Waals surface area contributed by atoms with Crippen LogP contribution < -0.4 is 10.3 Å². The monoisotopic (exact) mass is 598 g/mol. The van der Waals surface area contributed by atoms with Gasteiger partial charge in [0.25, 0.3) is 11.2 Å². The third-order valence-corrected chi connectivity index (χ3v) is 6.14. The molecular formula is C25H20Br2N4O4. The minimum atomic E-state index is -0.441. The number of rotatable bonds is 8. The molecule has 35 heavy (non-hydrogen) atoms. The van der Waals surface area contributed by atoms with Crippen LogP contribution in [0.1, 0.15) is 30.3 Å². The van der Waals surface area contributed by atoms with Gasteiger partial charge in [0.05, 0.1) is 22.0 Å². The summed E-state index contributed by atoms with van der Waals surface area (Å²) in [5, 5.41) is 16.0. The number of hydrogen-bond acceptors (Lipinski definition) is 6. The van der Waals surface area contributed by atoms with Crippen molar-refractivity contribution in [1.82, 2.24) is 9.66 Å². The van der Waals surface area contributed by atoms with Crippen LogP contribution in [0, 0.1) is 10.1 Å². The maximum Gasteiger partial charge on any atom is 0.282 e. The molecule has 1 heterocycles. The first-order valence-electron chi connectivity index (χ1n) is 10.8. The quantitative estimate of drug-likeness (QED) is 0.135. The normalized spacial score (nSPS) is 11.3. The minimum absolute atomic E-state index is 0.00182. The molecule has 0 bridgehead atoms. The largest absolute Gasteiger partial charge is 0.488 e. The maximum absolute atomic E-state index is 13.2. The lowest BCUT2D eigenvalue weighted by Crippen LogP contribution is -2.22. The van der Waals surface area contributed by atoms with Crippen LogP contribution in [0.25, 0.3) is 10.9 Å². The minimum Gasteiger partial charge on any atom is -0.488 e. The van der Waals surface area contributed by atoms with Gasteiger partial charge in [-0.25, -0.2) is 4.98 Å². The lowest BCUT2D eigenvalue weighted by atomic mass is 10.2. The molecule has 0 radical (unpaired) electrons. The molecule has 0 atom stereocenters. The van der Waals surface area contributed by atoms with Crippen LogP contribution in [0.5, 0.6) is 5.75 Å². The number of nitro benzene ring substituents is 1. The van der Waals surface area contributed by atoms with Crippen LogP contribution in [-0.4, -0.2) is 20.8 Å². The molecule has 0 aliphatic carbocycles. The second-order valence-corrected chi connectivity index (χ2v) is 9.53. The zero-order valence-electron chi connectivity index (χ0n) is 18.6. The fraction of sp³-hybridized carbons (Fsp3) is 0.160. The summed E-state index contributed by atoms with van der Waals surface area (Å²) in [5.74, 6) is 1.09. The van der Waals surface area contributed by atoms with Crippen molar-refractivity contribution in [2.24, 2.45) is 5.10 Å². The van der Waals surface area contributed by atoms with E-state index in [9.17, 15) is 14.9 Å². The molecule has 0 aliphatic heterocycles. The van der Waals surface area contributed by atoms with E-state index in [2.05, 4.69) is 41.9 Å². The van der Waals surface area contributed by atoms with E-state index < -0.39 is 4.92 Å². The lowest BCUT2D eigenvalue weighted by Gasteiger charge is -2.11. The zero-order valence-corrected chi connectivity index (χ0v) is 21.8. The summed E-state index contributed by atoms with van der Waals surface area (Å²) in [6, 6.07) is 17.1. The number of aromatic nitrogens is 2. The predicted molar refractivity (Wildman–Crippen MR) is 142 cm³/mol. The van der Waals surface area contributed by atoms with Gasteiger partial charge in [0.1, 0.15) is 18.2 Å². The predicted octanol–water partition coefficient (Wildman–Crippen LogP) is 6.24. The fourth-order valence-corrected chi connectivity index (χ4v) is 4.23. The molecule has 0 amide bonds. The van der Waals surface area contributed by atoms with Gasteiger partial charge in [-0.2, -0.15) is 9.78 Å². The number of nitro groups is 1. The average molecular weight is 600 g/mol. The molecule has 0 N–H and O–H groups in total. The van der Waals surface area contributed by atoms with Gasteiger partial charge in [-0.05, 0) is 48.4 Å². The van der Waals surface area contributed by atoms with E-state index in [1.807, 2.05) is 31.2 Å². The van der Waals surface area contributed by atoms with Crippen molar-refractivity contribution in [2.75, 3.05) is 0 Å². The summed E-state index contributed by atoms with van der Waals surface area (Å²) in [5.41, 5.74) is 1.66. The molecule has 8 nitrogen and oxygen atoms in total. The molecule has 1 aromatic heterocycles. The standard InChI is InChI=1S/C25H20Br2N4O4/c1-2-4-24-29-22-9-7-19(27)13-21(22)25(32)30(24)28-14-17-12-18(26)8-10-23(17)35-15-16-5-3-6-20(11-16)31(33)34/h3,5-14H,2,4,15H2,1H3. The number of fused-ring (bicyclic) bond motifs is 1. The number of nitrogens with zero attached hydrogens (tertiary/aromatic N) is 4. The van der Waals surface area contributed by atoms with Gasteiger partial charge in [0, 0.05) is 33.1 Å². The number of halogens is 2. The van der Waals surface area contributed by atoms with Gasteiger partial charge in [-0.15, -0.1) is 0 Å². The molecule has 4 aromatic rings. The van der Waals surface area contributed by atoms with Crippen molar-refractivity contribution in [2.45, 2.75) is 26.4 Å². The van der Waals surface area contributed by atoms with Gasteiger partial charge < -0.3 is 4.74 Å². The molecular weight excluding hydrogens is 580 g/mol. The Kier molecular flexibility index (Phi) is 7.72. The smallest absolute Gasteiger partial charge is 0.282 e. The van der Waals surface area contributed by atoms with E-state index in [1.165, 1.54) is 16.8 Å². The summed E-state index contributed by atoms with van der Waals surface area (Å²) < 4.78 is 8.87. The van der Waals surface area contributed by atoms with E-state index in [0.717, 1.165) is 15.4 Å². The zero-order chi connectivity index (χ0) is 24.9. The summed E-state index contributed by atoms with van der Waals surface area (Å²) in [7, 11) is 0. The number of aryl methyl sites for hydroxylation is 1. The molecule has 0 aliphatic rings. The SMILES string of the molecule is CCCc1nc2ccc(Br)cc2c(=O)n1N=Cc1cc(Br)ccc1OCc1cccc([N+](=O)[O-])c1. The van der Waals surface area contributed by atoms with E-state index in [0.29, 0.717) is 40.0 Å². The first-order chi connectivity index (χ1) is 16.9. The Hall–Kier alpha value is -3.37. The highest BCUT2D eigenvalue weighted by atomic mass is 79.9. The second kappa shape index (κ2) is 10.9. The van der Waals surface area contributed by atoms with Crippen molar-refractivity contribution in [3.63, 3.8) is 0 Å². The van der Waals surface area contributed by atoms with Crippen LogP contribution in [0.2, 0.25) is 0 Å². The molecule has 0 unspecified atom stereocenters. The third kappa shape index (κ3) is 5.83. The van der Waals surface area contributed by atoms with Crippen LogP contribution >= 0.6 is 31.9 Å². The highest BCUT2D eigenvalue weighted by Crippen LogP contribution is 2.24. The molecule has 10 heteroatoms. The highest BCUT2D eigenvalue weighted by Gasteiger charge is 2.12. The first kappa shape index (κ1) is 24.7. The van der Waals surface area contributed by atoms with E-state index >= 15 is 0 Å². The Morgan fingerprint density at radius 2 is 1.89 bits per heavy atom. The van der Waals surface area contributed by atoms with Crippen LogP contribution in [0.15, 0.2) is 79.5 Å². The topological polar surface area (TPSA) is 99.6 Å². The van der Waals surface area contributed by atoms with Gasteiger partial charge in [0.2, 0.25) is 0 Å². The van der Waals surface area contributed by atoms with Crippen molar-refractivity contribution in [3.8, 4) is 5.75 Å². The van der Waals surface area contributed by atoms with E-state index in [4.69, 9.17) is 4.74 Å². The van der Waals surface area contributed by atoms with Crippen molar-refractivity contribution < 1.29 is 9.66 Å². The second-order valence-electron chi connectivity index (χ2n) is 7.70. The summed E-state index contributed by atoms with van der Waals surface area (Å²) in [6.07, 6.45) is 2.95. The Morgan fingerprint density at radius 1 is 1.11 bits per heavy atom. The molecule has 0 fully saturated rings. The average Bonchev–Trinajstić information content (AvgIpc) is 2.84.